The Balaban J connectivity index is 2.68. The molecule has 0 amide bonds. The highest BCUT2D eigenvalue weighted by Crippen LogP contribution is 2.15. The van der Waals surface area contributed by atoms with Gasteiger partial charge in [-0.05, 0) is 6.92 Å². The third kappa shape index (κ3) is 2.72. The first-order chi connectivity index (χ1) is 6.79. The van der Waals surface area contributed by atoms with Gasteiger partial charge in [0.15, 0.2) is 5.16 Å². The van der Waals surface area contributed by atoms with Gasteiger partial charge in [0.2, 0.25) is 0 Å². The van der Waals surface area contributed by atoms with Crippen LogP contribution in [0.4, 0.5) is 0 Å². The van der Waals surface area contributed by atoms with Gasteiger partial charge in [-0.1, -0.05) is 11.8 Å². The first-order valence-electron chi connectivity index (χ1n) is 4.18. The molecule has 1 aromatic heterocycles. The molecule has 0 saturated carbocycles. The van der Waals surface area contributed by atoms with Gasteiger partial charge in [0, 0.05) is 13.7 Å². The molecule has 6 heteroatoms. The van der Waals surface area contributed by atoms with E-state index in [1.807, 2.05) is 11.5 Å². The van der Waals surface area contributed by atoms with Gasteiger partial charge in [0.25, 0.3) is 0 Å². The van der Waals surface area contributed by atoms with Crippen LogP contribution in [-0.4, -0.2) is 34.2 Å². The topological polar surface area (TPSA) is 63.7 Å². The molecule has 0 spiro atoms. The number of thioether (sulfide) groups is 1. The molecule has 1 aromatic rings. The molecule has 0 fully saturated rings. The highest BCUT2D eigenvalue weighted by atomic mass is 32.2. The predicted molar refractivity (Wildman–Crippen MR) is 53.0 cm³/mol. The second-order valence-electron chi connectivity index (χ2n) is 2.62. The first kappa shape index (κ1) is 11.0. The van der Waals surface area contributed by atoms with E-state index in [1.54, 1.807) is 7.11 Å². The fraction of sp³-hybridized carbons (Fsp3) is 0.625. The van der Waals surface area contributed by atoms with Gasteiger partial charge < -0.3 is 9.30 Å². The number of rotatable bonds is 5. The maximum absolute atomic E-state index is 8.45. The minimum absolute atomic E-state index is 0.394. The summed E-state index contributed by atoms with van der Waals surface area (Å²) >= 11 is 1.39. The Kier molecular flexibility index (Phi) is 4.43. The van der Waals surface area contributed by atoms with E-state index >= 15 is 0 Å². The van der Waals surface area contributed by atoms with Crippen molar-refractivity contribution in [2.75, 3.05) is 19.5 Å². The summed E-state index contributed by atoms with van der Waals surface area (Å²) in [6.07, 6.45) is 0. The third-order valence-corrected chi connectivity index (χ3v) is 2.52. The summed E-state index contributed by atoms with van der Waals surface area (Å²) in [5, 5.41) is 17.2. The minimum atomic E-state index is 0.394. The molecule has 0 atom stereocenters. The lowest BCUT2D eigenvalue weighted by molar-refractivity contribution is 0.184. The van der Waals surface area contributed by atoms with Gasteiger partial charge in [-0.25, -0.2) is 0 Å². The molecule has 14 heavy (non-hydrogen) atoms. The van der Waals surface area contributed by atoms with E-state index in [-0.39, 0.29) is 0 Å². The molecular formula is C8H12N4OS. The predicted octanol–water partition coefficient (Wildman–Crippen LogP) is 0.849. The summed E-state index contributed by atoms with van der Waals surface area (Å²) in [7, 11) is 1.65. The summed E-state index contributed by atoms with van der Waals surface area (Å²) in [6, 6.07) is 2.06. The Labute approximate surface area is 87.1 Å². The van der Waals surface area contributed by atoms with Crippen molar-refractivity contribution in [3.63, 3.8) is 0 Å². The van der Waals surface area contributed by atoms with Crippen LogP contribution in [0.15, 0.2) is 5.16 Å². The quantitative estimate of drug-likeness (QED) is 0.677. The molecule has 5 nitrogen and oxygen atoms in total. The van der Waals surface area contributed by atoms with Crippen molar-refractivity contribution >= 4 is 11.8 Å². The van der Waals surface area contributed by atoms with E-state index in [1.165, 1.54) is 11.8 Å². The summed E-state index contributed by atoms with van der Waals surface area (Å²) in [5.41, 5.74) is 0. The van der Waals surface area contributed by atoms with Crippen molar-refractivity contribution < 1.29 is 4.74 Å². The molecule has 0 aliphatic carbocycles. The summed E-state index contributed by atoms with van der Waals surface area (Å²) in [6.45, 7) is 3.24. The van der Waals surface area contributed by atoms with Gasteiger partial charge in [0.05, 0.1) is 18.4 Å². The number of nitrogens with zero attached hydrogens (tertiary/aromatic N) is 4. The number of methoxy groups -OCH3 is 1. The monoisotopic (exact) mass is 212 g/mol. The van der Waals surface area contributed by atoms with Crippen LogP contribution in [0.25, 0.3) is 0 Å². The third-order valence-electron chi connectivity index (χ3n) is 1.69. The summed E-state index contributed by atoms with van der Waals surface area (Å²) in [5.74, 6) is 1.24. The number of ether oxygens (including phenoxy) is 1. The summed E-state index contributed by atoms with van der Waals surface area (Å²) in [4.78, 5) is 0. The molecule has 0 N–H and O–H groups in total. The van der Waals surface area contributed by atoms with Crippen LogP contribution in [0.2, 0.25) is 0 Å². The molecule has 0 aromatic carbocycles. The van der Waals surface area contributed by atoms with Gasteiger partial charge in [-0.3, -0.25) is 0 Å². The maximum atomic E-state index is 8.45. The van der Waals surface area contributed by atoms with Crippen LogP contribution in [0.1, 0.15) is 5.82 Å². The zero-order chi connectivity index (χ0) is 10.4. The average molecular weight is 212 g/mol. The molecule has 76 valence electrons. The first-order valence-corrected chi connectivity index (χ1v) is 5.16. The van der Waals surface area contributed by atoms with Crippen LogP contribution >= 0.6 is 11.8 Å². The molecule has 0 aliphatic rings. The zero-order valence-electron chi connectivity index (χ0n) is 8.23. The van der Waals surface area contributed by atoms with Crippen molar-refractivity contribution in [2.45, 2.75) is 18.6 Å². The molecule has 0 aliphatic heterocycles. The SMILES string of the molecule is COCCn1c(C)nnc1SCC#N. The molecule has 0 saturated heterocycles. The van der Waals surface area contributed by atoms with Crippen LogP contribution in [-0.2, 0) is 11.3 Å². The van der Waals surface area contributed by atoms with Crippen LogP contribution < -0.4 is 0 Å². The Morgan fingerprint density at radius 3 is 3.00 bits per heavy atom. The van der Waals surface area contributed by atoms with Crippen molar-refractivity contribution in [3.05, 3.63) is 5.82 Å². The van der Waals surface area contributed by atoms with E-state index < -0.39 is 0 Å². The fourth-order valence-corrected chi connectivity index (χ4v) is 1.68. The average Bonchev–Trinajstić information content (AvgIpc) is 2.53. The normalized spacial score (nSPS) is 10.1. The van der Waals surface area contributed by atoms with E-state index in [4.69, 9.17) is 10.00 Å². The standard InChI is InChI=1S/C8H12N4OS/c1-7-10-11-8(14-6-3-9)12(7)4-5-13-2/h4-6H2,1-2H3. The van der Waals surface area contributed by atoms with Gasteiger partial charge in [-0.15, -0.1) is 10.2 Å². The lowest BCUT2D eigenvalue weighted by Crippen LogP contribution is -2.07. The lowest BCUT2D eigenvalue weighted by atomic mass is 10.6. The summed E-state index contributed by atoms with van der Waals surface area (Å²) < 4.78 is 6.93. The molecule has 0 bridgehead atoms. The van der Waals surface area contributed by atoms with E-state index in [0.717, 1.165) is 17.5 Å². The van der Waals surface area contributed by atoms with Gasteiger partial charge in [-0.2, -0.15) is 5.26 Å². The van der Waals surface area contributed by atoms with Crippen LogP contribution in [0.5, 0.6) is 0 Å². The Morgan fingerprint density at radius 2 is 2.36 bits per heavy atom. The second kappa shape index (κ2) is 5.62. The fourth-order valence-electron chi connectivity index (χ4n) is 1.01. The molecule has 0 radical (unpaired) electrons. The Morgan fingerprint density at radius 1 is 1.57 bits per heavy atom. The van der Waals surface area contributed by atoms with E-state index in [2.05, 4.69) is 16.3 Å². The Hall–Kier alpha value is -1.06. The zero-order valence-corrected chi connectivity index (χ0v) is 9.04. The highest BCUT2D eigenvalue weighted by molar-refractivity contribution is 7.99. The second-order valence-corrected chi connectivity index (χ2v) is 3.56. The van der Waals surface area contributed by atoms with Crippen molar-refractivity contribution in [1.82, 2.24) is 14.8 Å². The number of hydrogen-bond donors (Lipinski definition) is 0. The van der Waals surface area contributed by atoms with E-state index in [9.17, 15) is 0 Å². The van der Waals surface area contributed by atoms with Gasteiger partial charge >= 0.3 is 0 Å². The Bertz CT molecular complexity index is 331. The molecular weight excluding hydrogens is 200 g/mol. The highest BCUT2D eigenvalue weighted by Gasteiger charge is 2.08. The van der Waals surface area contributed by atoms with Crippen molar-refractivity contribution in [3.8, 4) is 6.07 Å². The largest absolute Gasteiger partial charge is 0.383 e. The number of nitriles is 1. The molecule has 0 unspecified atom stereocenters. The number of aryl methyl sites for hydroxylation is 1. The van der Waals surface area contributed by atoms with E-state index in [0.29, 0.717) is 12.4 Å². The number of hydrogen-bond acceptors (Lipinski definition) is 5. The molecule has 1 heterocycles. The lowest BCUT2D eigenvalue weighted by Gasteiger charge is -2.05. The van der Waals surface area contributed by atoms with Gasteiger partial charge in [0.1, 0.15) is 5.82 Å². The molecule has 1 rings (SSSR count). The van der Waals surface area contributed by atoms with Crippen LogP contribution in [0, 0.1) is 18.3 Å². The minimum Gasteiger partial charge on any atom is -0.383 e. The smallest absolute Gasteiger partial charge is 0.192 e. The maximum Gasteiger partial charge on any atom is 0.192 e. The van der Waals surface area contributed by atoms with Crippen molar-refractivity contribution in [2.24, 2.45) is 0 Å². The van der Waals surface area contributed by atoms with Crippen molar-refractivity contribution in [1.29, 1.82) is 5.26 Å². The number of aromatic nitrogens is 3. The van der Waals surface area contributed by atoms with Crippen LogP contribution in [0.3, 0.4) is 0 Å².